The highest BCUT2D eigenvalue weighted by Crippen LogP contribution is 2.35. The van der Waals surface area contributed by atoms with E-state index in [9.17, 15) is 4.79 Å². The molecular weight excluding hydrogens is 234 g/mol. The molecule has 1 unspecified atom stereocenters. The molecule has 18 heavy (non-hydrogen) atoms. The largest absolute Gasteiger partial charge is 0.496 e. The molecular formula is C13H19NO4. The van der Waals surface area contributed by atoms with Gasteiger partial charge in [-0.2, -0.15) is 0 Å². The van der Waals surface area contributed by atoms with Crippen LogP contribution in [0.1, 0.15) is 23.6 Å². The van der Waals surface area contributed by atoms with Crippen LogP contribution < -0.4 is 14.8 Å². The number of nitrogens with one attached hydrogen (secondary N) is 1. The maximum absolute atomic E-state index is 10.8. The van der Waals surface area contributed by atoms with Crippen molar-refractivity contribution in [2.45, 2.75) is 19.4 Å². The molecule has 0 saturated heterocycles. The van der Waals surface area contributed by atoms with Crippen molar-refractivity contribution >= 4 is 5.97 Å². The standard InChI is InChI=1S/C13H19NO4/c1-8-11(17-3)6-5-9(13(8)18-4)10(14-2)7-12(15)16/h5-6,10,14H,7H2,1-4H3,(H,15,16). The van der Waals surface area contributed by atoms with Gasteiger partial charge in [-0.15, -0.1) is 0 Å². The molecule has 0 fully saturated rings. The maximum atomic E-state index is 10.8. The summed E-state index contributed by atoms with van der Waals surface area (Å²) in [5.74, 6) is 0.528. The summed E-state index contributed by atoms with van der Waals surface area (Å²) >= 11 is 0. The molecule has 5 heteroatoms. The Hall–Kier alpha value is -1.75. The van der Waals surface area contributed by atoms with E-state index in [0.29, 0.717) is 5.75 Å². The van der Waals surface area contributed by atoms with Crippen molar-refractivity contribution in [1.82, 2.24) is 5.32 Å². The van der Waals surface area contributed by atoms with E-state index in [1.165, 1.54) is 0 Å². The van der Waals surface area contributed by atoms with Gasteiger partial charge in [-0.1, -0.05) is 6.07 Å². The highest BCUT2D eigenvalue weighted by Gasteiger charge is 2.20. The van der Waals surface area contributed by atoms with Crippen molar-refractivity contribution in [3.05, 3.63) is 23.3 Å². The monoisotopic (exact) mass is 253 g/mol. The van der Waals surface area contributed by atoms with E-state index in [0.717, 1.165) is 16.9 Å². The average Bonchev–Trinajstić information content (AvgIpc) is 2.35. The predicted octanol–water partition coefficient (Wildman–Crippen LogP) is 1.75. The molecule has 0 amide bonds. The van der Waals surface area contributed by atoms with Gasteiger partial charge in [0.2, 0.25) is 0 Å². The molecule has 0 radical (unpaired) electrons. The first-order valence-corrected chi connectivity index (χ1v) is 5.65. The normalized spacial score (nSPS) is 12.0. The smallest absolute Gasteiger partial charge is 0.305 e. The van der Waals surface area contributed by atoms with Gasteiger partial charge in [0.15, 0.2) is 0 Å². The first-order valence-electron chi connectivity index (χ1n) is 5.65. The Balaban J connectivity index is 3.22. The molecule has 0 spiro atoms. The molecule has 0 aliphatic rings. The SMILES string of the molecule is CNC(CC(=O)O)c1ccc(OC)c(C)c1OC. The third kappa shape index (κ3) is 2.92. The van der Waals surface area contributed by atoms with Crippen LogP contribution in [0.4, 0.5) is 0 Å². The highest BCUT2D eigenvalue weighted by molar-refractivity contribution is 5.68. The quantitative estimate of drug-likeness (QED) is 0.808. The molecule has 5 nitrogen and oxygen atoms in total. The Labute approximate surface area is 107 Å². The maximum Gasteiger partial charge on any atom is 0.305 e. The molecule has 1 aromatic carbocycles. The van der Waals surface area contributed by atoms with Crippen LogP contribution in [0.5, 0.6) is 11.5 Å². The lowest BCUT2D eigenvalue weighted by Crippen LogP contribution is -2.20. The van der Waals surface area contributed by atoms with Crippen molar-refractivity contribution in [3.8, 4) is 11.5 Å². The minimum absolute atomic E-state index is 0.00136. The zero-order valence-electron chi connectivity index (χ0n) is 11.1. The van der Waals surface area contributed by atoms with Crippen LogP contribution in [-0.4, -0.2) is 32.3 Å². The van der Waals surface area contributed by atoms with E-state index in [1.807, 2.05) is 19.1 Å². The number of hydrogen-bond acceptors (Lipinski definition) is 4. The lowest BCUT2D eigenvalue weighted by Gasteiger charge is -2.20. The second kappa shape index (κ2) is 6.26. The van der Waals surface area contributed by atoms with Gasteiger partial charge in [0.25, 0.3) is 0 Å². The number of benzene rings is 1. The van der Waals surface area contributed by atoms with Gasteiger partial charge in [0.05, 0.1) is 20.6 Å². The highest BCUT2D eigenvalue weighted by atomic mass is 16.5. The molecule has 0 aliphatic heterocycles. The molecule has 1 atom stereocenters. The molecule has 1 aromatic rings. The van der Waals surface area contributed by atoms with Gasteiger partial charge >= 0.3 is 5.97 Å². The van der Waals surface area contributed by atoms with Crippen molar-refractivity contribution < 1.29 is 19.4 Å². The summed E-state index contributed by atoms with van der Waals surface area (Å²) in [6, 6.07) is 3.36. The number of carboxylic acids is 1. The average molecular weight is 253 g/mol. The van der Waals surface area contributed by atoms with Crippen LogP contribution in [0.25, 0.3) is 0 Å². The Morgan fingerprint density at radius 3 is 2.50 bits per heavy atom. The van der Waals surface area contributed by atoms with Gasteiger partial charge in [0, 0.05) is 17.2 Å². The molecule has 2 N–H and O–H groups in total. The molecule has 100 valence electrons. The topological polar surface area (TPSA) is 67.8 Å². The fourth-order valence-corrected chi connectivity index (χ4v) is 2.00. The molecule has 0 saturated carbocycles. The molecule has 0 aromatic heterocycles. The van der Waals surface area contributed by atoms with Gasteiger partial charge in [-0.05, 0) is 20.0 Å². The first-order chi connectivity index (χ1) is 8.54. The first kappa shape index (κ1) is 14.3. The molecule has 0 heterocycles. The van der Waals surface area contributed by atoms with Gasteiger partial charge in [-0.25, -0.2) is 0 Å². The summed E-state index contributed by atoms with van der Waals surface area (Å²) in [6.07, 6.45) is -0.00136. The fraction of sp³-hybridized carbons (Fsp3) is 0.462. The van der Waals surface area contributed by atoms with E-state index in [2.05, 4.69) is 5.32 Å². The Bertz CT molecular complexity index is 431. The lowest BCUT2D eigenvalue weighted by molar-refractivity contribution is -0.137. The second-order valence-electron chi connectivity index (χ2n) is 3.95. The van der Waals surface area contributed by atoms with E-state index < -0.39 is 5.97 Å². The summed E-state index contributed by atoms with van der Waals surface area (Å²) in [7, 11) is 4.89. The van der Waals surface area contributed by atoms with Crippen molar-refractivity contribution in [3.63, 3.8) is 0 Å². The Kier molecular flexibility index (Phi) is 4.97. The van der Waals surface area contributed by atoms with E-state index in [4.69, 9.17) is 14.6 Å². The summed E-state index contributed by atoms with van der Waals surface area (Å²) in [5, 5.41) is 11.9. The predicted molar refractivity (Wildman–Crippen MR) is 68.3 cm³/mol. The minimum Gasteiger partial charge on any atom is -0.496 e. The van der Waals surface area contributed by atoms with Gasteiger partial charge < -0.3 is 19.9 Å². The lowest BCUT2D eigenvalue weighted by atomic mass is 9.99. The van der Waals surface area contributed by atoms with Crippen molar-refractivity contribution in [2.24, 2.45) is 0 Å². The summed E-state index contributed by atoms with van der Waals surface area (Å²) in [4.78, 5) is 10.8. The van der Waals surface area contributed by atoms with Crippen LogP contribution in [0.15, 0.2) is 12.1 Å². The number of hydrogen-bond donors (Lipinski definition) is 2. The van der Waals surface area contributed by atoms with Crippen molar-refractivity contribution in [2.75, 3.05) is 21.3 Å². The van der Waals surface area contributed by atoms with E-state index in [1.54, 1.807) is 21.3 Å². The summed E-state index contributed by atoms with van der Waals surface area (Å²) in [6.45, 7) is 1.88. The van der Waals surface area contributed by atoms with Crippen molar-refractivity contribution in [1.29, 1.82) is 0 Å². The van der Waals surface area contributed by atoms with E-state index >= 15 is 0 Å². The zero-order valence-corrected chi connectivity index (χ0v) is 11.1. The zero-order chi connectivity index (χ0) is 13.7. The summed E-state index contributed by atoms with van der Waals surface area (Å²) < 4.78 is 10.6. The fourth-order valence-electron chi connectivity index (χ4n) is 2.00. The number of carboxylic acid groups (broad SMARTS) is 1. The van der Waals surface area contributed by atoms with Crippen LogP contribution in [0.2, 0.25) is 0 Å². The van der Waals surface area contributed by atoms with Crippen LogP contribution in [0.3, 0.4) is 0 Å². The van der Waals surface area contributed by atoms with E-state index in [-0.39, 0.29) is 12.5 Å². The Morgan fingerprint density at radius 2 is 2.06 bits per heavy atom. The number of ether oxygens (including phenoxy) is 2. The number of rotatable bonds is 6. The number of carbonyl (C=O) groups is 1. The van der Waals surface area contributed by atoms with Gasteiger partial charge in [0.1, 0.15) is 11.5 Å². The van der Waals surface area contributed by atoms with Gasteiger partial charge in [-0.3, -0.25) is 4.79 Å². The van der Waals surface area contributed by atoms with Crippen LogP contribution in [-0.2, 0) is 4.79 Å². The summed E-state index contributed by atoms with van der Waals surface area (Å²) in [5.41, 5.74) is 1.68. The van der Waals surface area contributed by atoms with Crippen LogP contribution in [0, 0.1) is 6.92 Å². The number of aliphatic carboxylic acids is 1. The third-order valence-electron chi connectivity index (χ3n) is 2.91. The molecule has 0 bridgehead atoms. The molecule has 1 rings (SSSR count). The third-order valence-corrected chi connectivity index (χ3v) is 2.91. The Morgan fingerprint density at radius 1 is 1.39 bits per heavy atom. The second-order valence-corrected chi connectivity index (χ2v) is 3.95. The minimum atomic E-state index is -0.857. The number of methoxy groups -OCH3 is 2. The van der Waals surface area contributed by atoms with Crippen LogP contribution >= 0.6 is 0 Å². The molecule has 0 aliphatic carbocycles.